The molecule has 1 amide bonds. The summed E-state index contributed by atoms with van der Waals surface area (Å²) in [5.41, 5.74) is 0.500. The molecule has 5 heteroatoms. The highest BCUT2D eigenvalue weighted by atomic mass is 16.6. The largest absolute Gasteiger partial charge is 0.493 e. The molecule has 1 N–H and O–H groups in total. The number of amides is 1. The first-order valence-electron chi connectivity index (χ1n) is 7.11. The first-order chi connectivity index (χ1) is 9.82. The highest BCUT2D eigenvalue weighted by molar-refractivity contribution is 5.95. The summed E-state index contributed by atoms with van der Waals surface area (Å²) in [7, 11) is 1.55. The van der Waals surface area contributed by atoms with Crippen molar-refractivity contribution in [3.05, 3.63) is 17.7 Å². The zero-order valence-corrected chi connectivity index (χ0v) is 13.3. The van der Waals surface area contributed by atoms with Crippen LogP contribution < -0.4 is 19.5 Å². The van der Waals surface area contributed by atoms with E-state index in [4.69, 9.17) is 14.2 Å². The average molecular weight is 293 g/mol. The fourth-order valence-electron chi connectivity index (χ4n) is 1.90. The predicted octanol–water partition coefficient (Wildman–Crippen LogP) is 2.63. The van der Waals surface area contributed by atoms with Gasteiger partial charge in [-0.05, 0) is 24.5 Å². The molecule has 0 spiro atoms. The molecule has 0 aliphatic carbocycles. The molecule has 2 rings (SSSR count). The first kappa shape index (κ1) is 15.5. The van der Waals surface area contributed by atoms with Crippen LogP contribution in [-0.4, -0.2) is 32.3 Å². The highest BCUT2D eigenvalue weighted by Crippen LogP contribution is 2.40. The van der Waals surface area contributed by atoms with Crippen molar-refractivity contribution in [2.45, 2.75) is 33.7 Å². The van der Waals surface area contributed by atoms with Gasteiger partial charge >= 0.3 is 0 Å². The third kappa shape index (κ3) is 3.40. The van der Waals surface area contributed by atoms with Crippen LogP contribution in [0.15, 0.2) is 12.1 Å². The number of carbonyl (C=O) groups excluding carboxylic acids is 1. The van der Waals surface area contributed by atoms with Crippen molar-refractivity contribution in [1.29, 1.82) is 0 Å². The van der Waals surface area contributed by atoms with Crippen LogP contribution in [0, 0.1) is 5.41 Å². The van der Waals surface area contributed by atoms with Gasteiger partial charge in [0.05, 0.1) is 7.11 Å². The number of hydrogen-bond donors (Lipinski definition) is 1. The molecule has 1 atom stereocenters. The number of fused-ring (bicyclic) bond motifs is 1. The van der Waals surface area contributed by atoms with Gasteiger partial charge in [0.25, 0.3) is 5.91 Å². The third-order valence-electron chi connectivity index (χ3n) is 3.74. The Morgan fingerprint density at radius 1 is 1.29 bits per heavy atom. The van der Waals surface area contributed by atoms with E-state index in [0.717, 1.165) is 0 Å². The minimum atomic E-state index is -0.146. The maximum absolute atomic E-state index is 12.4. The summed E-state index contributed by atoms with van der Waals surface area (Å²) in [6, 6.07) is 3.42. The molecule has 1 aliphatic rings. The SMILES string of the molecule is COc1cc(C(=O)N[C@@H](C)C(C)(C)C)cc2c1OCCO2. The van der Waals surface area contributed by atoms with E-state index in [-0.39, 0.29) is 17.4 Å². The monoisotopic (exact) mass is 293 g/mol. The quantitative estimate of drug-likeness (QED) is 0.931. The summed E-state index contributed by atoms with van der Waals surface area (Å²) in [6.07, 6.45) is 0. The second-order valence-corrected chi connectivity index (χ2v) is 6.26. The molecule has 5 nitrogen and oxygen atoms in total. The zero-order chi connectivity index (χ0) is 15.6. The topological polar surface area (TPSA) is 56.8 Å². The lowest BCUT2D eigenvalue weighted by molar-refractivity contribution is 0.0908. The molecular weight excluding hydrogens is 270 g/mol. The lowest BCUT2D eigenvalue weighted by atomic mass is 9.88. The van der Waals surface area contributed by atoms with Crippen molar-refractivity contribution in [1.82, 2.24) is 5.32 Å². The Balaban J connectivity index is 2.26. The van der Waals surface area contributed by atoms with Gasteiger partial charge in [0.1, 0.15) is 13.2 Å². The Hall–Kier alpha value is -1.91. The predicted molar refractivity (Wildman–Crippen MR) is 80.4 cm³/mol. The number of ether oxygens (including phenoxy) is 3. The van der Waals surface area contributed by atoms with E-state index in [1.165, 1.54) is 0 Å². The number of carbonyl (C=O) groups is 1. The summed E-state index contributed by atoms with van der Waals surface area (Å²) < 4.78 is 16.4. The molecule has 1 heterocycles. The summed E-state index contributed by atoms with van der Waals surface area (Å²) in [6.45, 7) is 9.20. The Morgan fingerprint density at radius 2 is 1.95 bits per heavy atom. The van der Waals surface area contributed by atoms with E-state index in [1.807, 2.05) is 6.92 Å². The van der Waals surface area contributed by atoms with Crippen LogP contribution in [0.5, 0.6) is 17.2 Å². The summed E-state index contributed by atoms with van der Waals surface area (Å²) in [4.78, 5) is 12.4. The van der Waals surface area contributed by atoms with Crippen LogP contribution >= 0.6 is 0 Å². The number of nitrogens with one attached hydrogen (secondary N) is 1. The molecule has 1 aromatic rings. The van der Waals surface area contributed by atoms with Gasteiger partial charge in [-0.15, -0.1) is 0 Å². The van der Waals surface area contributed by atoms with Crippen LogP contribution in [0.25, 0.3) is 0 Å². The Kier molecular flexibility index (Phi) is 4.30. The Labute approximate surface area is 125 Å². The minimum absolute atomic E-state index is 0.00638. The van der Waals surface area contributed by atoms with Crippen LogP contribution in [0.1, 0.15) is 38.1 Å². The lowest BCUT2D eigenvalue weighted by Crippen LogP contribution is -2.41. The third-order valence-corrected chi connectivity index (χ3v) is 3.74. The lowest BCUT2D eigenvalue weighted by Gasteiger charge is -2.28. The van der Waals surface area contributed by atoms with E-state index in [9.17, 15) is 4.79 Å². The summed E-state index contributed by atoms with van der Waals surface area (Å²) >= 11 is 0. The van der Waals surface area contributed by atoms with Gasteiger partial charge in [0.2, 0.25) is 5.75 Å². The summed E-state index contributed by atoms with van der Waals surface area (Å²) in [5, 5.41) is 3.00. The maximum atomic E-state index is 12.4. The van der Waals surface area contributed by atoms with Crippen molar-refractivity contribution >= 4 is 5.91 Å². The fraction of sp³-hybridized carbons (Fsp3) is 0.562. The van der Waals surface area contributed by atoms with Crippen molar-refractivity contribution in [2.75, 3.05) is 20.3 Å². The molecule has 0 unspecified atom stereocenters. The number of benzene rings is 1. The van der Waals surface area contributed by atoms with Crippen LogP contribution in [-0.2, 0) is 0 Å². The number of rotatable bonds is 3. The molecule has 0 aromatic heterocycles. The van der Waals surface area contributed by atoms with Crippen LogP contribution in [0.4, 0.5) is 0 Å². The minimum Gasteiger partial charge on any atom is -0.493 e. The Bertz CT molecular complexity index is 517. The van der Waals surface area contributed by atoms with Gasteiger partial charge in [0, 0.05) is 11.6 Å². The van der Waals surface area contributed by atoms with Crippen molar-refractivity contribution in [2.24, 2.45) is 5.41 Å². The van der Waals surface area contributed by atoms with Crippen LogP contribution in [0.2, 0.25) is 0 Å². The highest BCUT2D eigenvalue weighted by Gasteiger charge is 2.25. The van der Waals surface area contributed by atoms with Crippen LogP contribution in [0.3, 0.4) is 0 Å². The van der Waals surface area contributed by atoms with Crippen molar-refractivity contribution < 1.29 is 19.0 Å². The maximum Gasteiger partial charge on any atom is 0.251 e. The van der Waals surface area contributed by atoms with Gasteiger partial charge in [-0.25, -0.2) is 0 Å². The molecule has 21 heavy (non-hydrogen) atoms. The van der Waals surface area contributed by atoms with E-state index < -0.39 is 0 Å². The molecule has 0 bridgehead atoms. The fourth-order valence-corrected chi connectivity index (χ4v) is 1.90. The smallest absolute Gasteiger partial charge is 0.251 e. The zero-order valence-electron chi connectivity index (χ0n) is 13.3. The van der Waals surface area contributed by atoms with E-state index >= 15 is 0 Å². The van der Waals surface area contributed by atoms with E-state index in [2.05, 4.69) is 26.1 Å². The molecule has 116 valence electrons. The first-order valence-corrected chi connectivity index (χ1v) is 7.11. The van der Waals surface area contributed by atoms with E-state index in [0.29, 0.717) is 36.0 Å². The molecule has 0 saturated heterocycles. The molecule has 1 aromatic carbocycles. The van der Waals surface area contributed by atoms with Gasteiger partial charge in [-0.1, -0.05) is 20.8 Å². The molecular formula is C16H23NO4. The van der Waals surface area contributed by atoms with E-state index in [1.54, 1.807) is 19.2 Å². The van der Waals surface area contributed by atoms with Crippen molar-refractivity contribution in [3.63, 3.8) is 0 Å². The second-order valence-electron chi connectivity index (χ2n) is 6.26. The molecule has 1 aliphatic heterocycles. The number of hydrogen-bond acceptors (Lipinski definition) is 4. The summed E-state index contributed by atoms with van der Waals surface area (Å²) in [5.74, 6) is 1.48. The molecule has 0 saturated carbocycles. The van der Waals surface area contributed by atoms with Gasteiger partial charge in [0.15, 0.2) is 11.5 Å². The Morgan fingerprint density at radius 3 is 2.57 bits per heavy atom. The molecule has 0 radical (unpaired) electrons. The number of methoxy groups -OCH3 is 1. The van der Waals surface area contributed by atoms with Crippen molar-refractivity contribution in [3.8, 4) is 17.2 Å². The standard InChI is InChI=1S/C16H23NO4/c1-10(16(2,3)4)17-15(18)11-8-12(19-5)14-13(9-11)20-6-7-21-14/h8-10H,6-7H2,1-5H3,(H,17,18)/t10-/m0/s1. The van der Waals surface area contributed by atoms with Gasteiger partial charge < -0.3 is 19.5 Å². The second kappa shape index (κ2) is 5.84. The van der Waals surface area contributed by atoms with Gasteiger partial charge in [-0.2, -0.15) is 0 Å². The molecule has 0 fully saturated rings. The normalized spacial score (nSPS) is 15.3. The average Bonchev–Trinajstić information content (AvgIpc) is 2.44. The van der Waals surface area contributed by atoms with Gasteiger partial charge in [-0.3, -0.25) is 4.79 Å².